The highest BCUT2D eigenvalue weighted by atomic mass is 16.5. The van der Waals surface area contributed by atoms with Gasteiger partial charge in [0.1, 0.15) is 6.73 Å². The van der Waals surface area contributed by atoms with Gasteiger partial charge in [0, 0.05) is 25.0 Å². The molecule has 0 saturated carbocycles. The molecule has 14 heavy (non-hydrogen) atoms. The molecule has 3 nitrogen and oxygen atoms in total. The molecule has 1 rings (SSSR count). The molecule has 0 spiro atoms. The number of hydrogen-bond acceptors (Lipinski definition) is 2. The Morgan fingerprint density at radius 2 is 2.29 bits per heavy atom. The minimum atomic E-state index is 0.456. The molecule has 80 valence electrons. The van der Waals surface area contributed by atoms with E-state index < -0.39 is 0 Å². The van der Waals surface area contributed by atoms with Gasteiger partial charge in [0.25, 0.3) is 0 Å². The molecular weight excluding hydrogens is 176 g/mol. The zero-order chi connectivity index (χ0) is 10.4. The molecule has 0 aromatic carbocycles. The topological polar surface area (TPSA) is 26.2 Å². The molecule has 0 bridgehead atoms. The summed E-state index contributed by atoms with van der Waals surface area (Å²) in [6.45, 7) is 5.60. The largest absolute Gasteiger partial charge is 0.361 e. The molecule has 0 radical (unpaired) electrons. The molecule has 0 fully saturated rings. The molecule has 0 amide bonds. The van der Waals surface area contributed by atoms with Gasteiger partial charge in [-0.3, -0.25) is 0 Å². The van der Waals surface area contributed by atoms with Gasteiger partial charge in [-0.05, 0) is 32.0 Å². The Balaban J connectivity index is 2.57. The lowest BCUT2D eigenvalue weighted by molar-refractivity contribution is 0.0880. The Hall–Kier alpha value is -0.800. The predicted octanol–water partition coefficient (Wildman–Crippen LogP) is 2.15. The summed E-state index contributed by atoms with van der Waals surface area (Å²) in [6, 6.07) is 2.60. The summed E-state index contributed by atoms with van der Waals surface area (Å²) >= 11 is 0. The van der Waals surface area contributed by atoms with Crippen LogP contribution in [0.5, 0.6) is 0 Å². The van der Waals surface area contributed by atoms with Crippen LogP contribution < -0.4 is 5.32 Å². The maximum absolute atomic E-state index is 5.32. The van der Waals surface area contributed by atoms with Gasteiger partial charge in [0.2, 0.25) is 0 Å². The van der Waals surface area contributed by atoms with E-state index in [1.807, 2.05) is 14.0 Å². The maximum Gasteiger partial charge on any atom is 0.122 e. The van der Waals surface area contributed by atoms with E-state index in [0.29, 0.717) is 12.8 Å². The van der Waals surface area contributed by atoms with Crippen molar-refractivity contribution in [2.45, 2.75) is 33.0 Å². The molecule has 1 aromatic rings. The summed E-state index contributed by atoms with van der Waals surface area (Å²) < 4.78 is 7.39. The van der Waals surface area contributed by atoms with Crippen molar-refractivity contribution in [3.63, 3.8) is 0 Å². The quantitative estimate of drug-likeness (QED) is 0.754. The smallest absolute Gasteiger partial charge is 0.122 e. The van der Waals surface area contributed by atoms with E-state index in [4.69, 9.17) is 4.74 Å². The minimum Gasteiger partial charge on any atom is -0.361 e. The summed E-state index contributed by atoms with van der Waals surface area (Å²) in [6.07, 6.45) is 5.31. The summed E-state index contributed by atoms with van der Waals surface area (Å²) in [5.41, 5.74) is 1.33. The molecule has 0 aliphatic heterocycles. The number of aromatic nitrogens is 1. The Kier molecular flexibility index (Phi) is 4.70. The number of nitrogens with zero attached hydrogens (tertiary/aromatic N) is 1. The van der Waals surface area contributed by atoms with Crippen LogP contribution in [0.15, 0.2) is 18.5 Å². The highest BCUT2D eigenvalue weighted by molar-refractivity contribution is 5.14. The van der Waals surface area contributed by atoms with E-state index in [2.05, 4.69) is 35.3 Å². The highest BCUT2D eigenvalue weighted by Crippen LogP contribution is 2.15. The van der Waals surface area contributed by atoms with E-state index >= 15 is 0 Å². The summed E-state index contributed by atoms with van der Waals surface area (Å²) in [5, 5.41) is 3.28. The van der Waals surface area contributed by atoms with Gasteiger partial charge in [-0.2, -0.15) is 0 Å². The zero-order valence-corrected chi connectivity index (χ0v) is 9.29. The third-order valence-electron chi connectivity index (χ3n) is 2.38. The van der Waals surface area contributed by atoms with Crippen LogP contribution in [-0.2, 0) is 11.5 Å². The Labute approximate surface area is 86.1 Å². The van der Waals surface area contributed by atoms with Crippen LogP contribution in [0.4, 0.5) is 0 Å². The van der Waals surface area contributed by atoms with E-state index in [1.165, 1.54) is 5.56 Å². The van der Waals surface area contributed by atoms with Crippen molar-refractivity contribution < 1.29 is 4.74 Å². The van der Waals surface area contributed by atoms with Crippen LogP contribution in [0.3, 0.4) is 0 Å². The molecule has 0 saturated heterocycles. The molecule has 1 unspecified atom stereocenters. The third kappa shape index (κ3) is 2.86. The van der Waals surface area contributed by atoms with Crippen molar-refractivity contribution >= 4 is 0 Å². The van der Waals surface area contributed by atoms with Crippen molar-refractivity contribution in [2.75, 3.05) is 13.7 Å². The van der Waals surface area contributed by atoms with Crippen molar-refractivity contribution in [1.29, 1.82) is 0 Å². The molecule has 1 aromatic heterocycles. The fourth-order valence-corrected chi connectivity index (χ4v) is 1.55. The minimum absolute atomic E-state index is 0.456. The SMILES string of the molecule is CCOCn1ccc(C(CC)NC)c1. The zero-order valence-electron chi connectivity index (χ0n) is 9.29. The van der Waals surface area contributed by atoms with Crippen molar-refractivity contribution in [2.24, 2.45) is 0 Å². The Morgan fingerprint density at radius 1 is 1.50 bits per heavy atom. The first kappa shape index (κ1) is 11.3. The van der Waals surface area contributed by atoms with Crippen LogP contribution >= 0.6 is 0 Å². The summed E-state index contributed by atoms with van der Waals surface area (Å²) in [4.78, 5) is 0. The van der Waals surface area contributed by atoms with Crippen LogP contribution in [0.1, 0.15) is 31.9 Å². The number of rotatable bonds is 6. The van der Waals surface area contributed by atoms with E-state index in [9.17, 15) is 0 Å². The van der Waals surface area contributed by atoms with Crippen LogP contribution in [0, 0.1) is 0 Å². The molecule has 1 heterocycles. The Morgan fingerprint density at radius 3 is 2.86 bits per heavy atom. The van der Waals surface area contributed by atoms with Gasteiger partial charge >= 0.3 is 0 Å². The van der Waals surface area contributed by atoms with Gasteiger partial charge in [-0.25, -0.2) is 0 Å². The van der Waals surface area contributed by atoms with Gasteiger partial charge in [0.05, 0.1) is 0 Å². The second-order valence-electron chi connectivity index (χ2n) is 3.33. The number of nitrogens with one attached hydrogen (secondary N) is 1. The third-order valence-corrected chi connectivity index (χ3v) is 2.38. The average Bonchev–Trinajstić information content (AvgIpc) is 2.65. The van der Waals surface area contributed by atoms with Gasteiger partial charge in [-0.15, -0.1) is 0 Å². The average molecular weight is 196 g/mol. The van der Waals surface area contributed by atoms with E-state index in [0.717, 1.165) is 13.0 Å². The molecule has 0 aliphatic rings. The van der Waals surface area contributed by atoms with E-state index in [-0.39, 0.29) is 0 Å². The second-order valence-corrected chi connectivity index (χ2v) is 3.33. The monoisotopic (exact) mass is 196 g/mol. The first-order chi connectivity index (χ1) is 6.81. The summed E-state index contributed by atoms with van der Waals surface area (Å²) in [5.74, 6) is 0. The molecule has 1 N–H and O–H groups in total. The lowest BCUT2D eigenvalue weighted by atomic mass is 10.1. The van der Waals surface area contributed by atoms with Crippen LogP contribution in [0.2, 0.25) is 0 Å². The van der Waals surface area contributed by atoms with Crippen molar-refractivity contribution in [3.05, 3.63) is 24.0 Å². The molecular formula is C11H20N2O. The normalized spacial score (nSPS) is 13.1. The highest BCUT2D eigenvalue weighted by Gasteiger charge is 2.07. The second kappa shape index (κ2) is 5.83. The fraction of sp³-hybridized carbons (Fsp3) is 0.636. The standard InChI is InChI=1S/C11H20N2O/c1-4-11(12-3)10-6-7-13(8-10)9-14-5-2/h6-8,11-12H,4-5,9H2,1-3H3. The van der Waals surface area contributed by atoms with Crippen molar-refractivity contribution in [1.82, 2.24) is 9.88 Å². The Bertz CT molecular complexity index is 254. The predicted molar refractivity (Wildman–Crippen MR) is 58.1 cm³/mol. The molecule has 1 atom stereocenters. The number of hydrogen-bond donors (Lipinski definition) is 1. The lowest BCUT2D eigenvalue weighted by Gasteiger charge is -2.11. The first-order valence-corrected chi connectivity index (χ1v) is 5.22. The molecule has 0 aliphatic carbocycles. The molecule has 3 heteroatoms. The van der Waals surface area contributed by atoms with Gasteiger partial charge in [-0.1, -0.05) is 6.92 Å². The van der Waals surface area contributed by atoms with E-state index in [1.54, 1.807) is 0 Å². The van der Waals surface area contributed by atoms with Crippen LogP contribution in [-0.4, -0.2) is 18.2 Å². The maximum atomic E-state index is 5.32. The number of ether oxygens (including phenoxy) is 1. The van der Waals surface area contributed by atoms with Gasteiger partial charge in [0.15, 0.2) is 0 Å². The summed E-state index contributed by atoms with van der Waals surface area (Å²) in [7, 11) is 1.99. The van der Waals surface area contributed by atoms with Gasteiger partial charge < -0.3 is 14.6 Å². The van der Waals surface area contributed by atoms with Crippen LogP contribution in [0.25, 0.3) is 0 Å². The lowest BCUT2D eigenvalue weighted by Crippen LogP contribution is -2.14. The first-order valence-electron chi connectivity index (χ1n) is 5.22. The van der Waals surface area contributed by atoms with Crippen molar-refractivity contribution in [3.8, 4) is 0 Å². The fourth-order valence-electron chi connectivity index (χ4n) is 1.55.